The Labute approximate surface area is 224 Å². The summed E-state index contributed by atoms with van der Waals surface area (Å²) in [6.07, 6.45) is 1.16. The SMILES string of the molecule is C=CC(=O)Oc1ccc(-c2ccc(N(c3ccc(-c4ccc(C)cc4)cc3)c3cccc(C)c3)cc2)cc1. The van der Waals surface area contributed by atoms with Crippen LogP contribution in [-0.2, 0) is 4.79 Å². The molecule has 0 unspecified atom stereocenters. The van der Waals surface area contributed by atoms with Crippen LogP contribution >= 0.6 is 0 Å². The Bertz CT molecular complexity index is 1550. The number of esters is 1. The second-order valence-corrected chi connectivity index (χ2v) is 9.28. The lowest BCUT2D eigenvalue weighted by molar-refractivity contribution is -0.128. The molecule has 0 radical (unpaired) electrons. The highest BCUT2D eigenvalue weighted by Gasteiger charge is 2.13. The summed E-state index contributed by atoms with van der Waals surface area (Å²) in [5, 5.41) is 0. The van der Waals surface area contributed by atoms with Crippen LogP contribution < -0.4 is 9.64 Å². The number of rotatable bonds is 7. The van der Waals surface area contributed by atoms with Gasteiger partial charge in [-0.2, -0.15) is 0 Å². The number of nitrogens with zero attached hydrogens (tertiary/aromatic N) is 1. The number of ether oxygens (including phenoxy) is 1. The van der Waals surface area contributed by atoms with Crippen LogP contribution in [0, 0.1) is 13.8 Å². The summed E-state index contributed by atoms with van der Waals surface area (Å²) in [5.74, 6) is 0.0280. The molecular weight excluding hydrogens is 466 g/mol. The molecule has 38 heavy (non-hydrogen) atoms. The smallest absolute Gasteiger partial charge is 0.335 e. The lowest BCUT2D eigenvalue weighted by atomic mass is 10.0. The molecule has 0 aliphatic carbocycles. The van der Waals surface area contributed by atoms with E-state index in [9.17, 15) is 4.79 Å². The lowest BCUT2D eigenvalue weighted by Crippen LogP contribution is -2.10. The standard InChI is InChI=1S/C35H29NO2/c1-4-35(37)38-34-22-16-30(17-23-34)29-14-20-32(21-15-29)36(33-7-5-6-26(3)24-33)31-18-12-28(13-19-31)27-10-8-25(2)9-11-27/h4-24H,1H2,2-3H3. The second-order valence-electron chi connectivity index (χ2n) is 9.28. The number of hydrogen-bond acceptors (Lipinski definition) is 3. The molecule has 5 aromatic carbocycles. The van der Waals surface area contributed by atoms with Crippen LogP contribution in [0.1, 0.15) is 11.1 Å². The molecule has 0 saturated carbocycles. The van der Waals surface area contributed by atoms with Crippen molar-refractivity contribution in [2.75, 3.05) is 4.90 Å². The van der Waals surface area contributed by atoms with Gasteiger partial charge in [0, 0.05) is 23.1 Å². The Kier molecular flexibility index (Phi) is 7.19. The van der Waals surface area contributed by atoms with Gasteiger partial charge in [0.05, 0.1) is 0 Å². The number of carbonyl (C=O) groups is 1. The summed E-state index contributed by atoms with van der Waals surface area (Å²) in [5.41, 5.74) is 10.2. The molecule has 0 fully saturated rings. The van der Waals surface area contributed by atoms with Crippen LogP contribution in [0.3, 0.4) is 0 Å². The van der Waals surface area contributed by atoms with Crippen molar-refractivity contribution in [3.8, 4) is 28.0 Å². The highest BCUT2D eigenvalue weighted by Crippen LogP contribution is 2.37. The van der Waals surface area contributed by atoms with Gasteiger partial charge in [-0.15, -0.1) is 0 Å². The first kappa shape index (κ1) is 24.8. The van der Waals surface area contributed by atoms with E-state index in [1.165, 1.54) is 22.3 Å². The Morgan fingerprint density at radius 2 is 1.08 bits per heavy atom. The molecule has 0 aliphatic heterocycles. The van der Waals surface area contributed by atoms with Crippen LogP contribution in [0.5, 0.6) is 5.75 Å². The predicted octanol–water partition coefficient (Wildman–Crippen LogP) is 9.20. The molecule has 0 heterocycles. The average Bonchev–Trinajstić information content (AvgIpc) is 2.95. The van der Waals surface area contributed by atoms with Gasteiger partial charge in [0.15, 0.2) is 0 Å². The van der Waals surface area contributed by atoms with Gasteiger partial charge in [-0.3, -0.25) is 0 Å². The van der Waals surface area contributed by atoms with E-state index in [0.29, 0.717) is 5.75 Å². The van der Waals surface area contributed by atoms with Crippen LogP contribution in [0.2, 0.25) is 0 Å². The van der Waals surface area contributed by atoms with E-state index in [4.69, 9.17) is 4.74 Å². The molecule has 0 aliphatic rings. The molecule has 0 saturated heterocycles. The van der Waals surface area contributed by atoms with E-state index in [2.05, 4.69) is 122 Å². The maximum Gasteiger partial charge on any atom is 0.335 e. The lowest BCUT2D eigenvalue weighted by Gasteiger charge is -2.26. The predicted molar refractivity (Wildman–Crippen MR) is 157 cm³/mol. The summed E-state index contributed by atoms with van der Waals surface area (Å²) >= 11 is 0. The fraction of sp³-hybridized carbons (Fsp3) is 0.0571. The van der Waals surface area contributed by atoms with Crippen LogP contribution in [0.25, 0.3) is 22.3 Å². The third kappa shape index (κ3) is 5.58. The van der Waals surface area contributed by atoms with Crippen molar-refractivity contribution in [3.05, 3.63) is 145 Å². The Morgan fingerprint density at radius 1 is 0.605 bits per heavy atom. The van der Waals surface area contributed by atoms with E-state index in [0.717, 1.165) is 34.3 Å². The fourth-order valence-electron chi connectivity index (χ4n) is 4.44. The van der Waals surface area contributed by atoms with Crippen molar-refractivity contribution >= 4 is 23.0 Å². The highest BCUT2D eigenvalue weighted by molar-refractivity contribution is 5.83. The van der Waals surface area contributed by atoms with Gasteiger partial charge in [0.1, 0.15) is 5.75 Å². The van der Waals surface area contributed by atoms with Crippen molar-refractivity contribution in [1.29, 1.82) is 0 Å². The average molecular weight is 496 g/mol. The normalized spacial score (nSPS) is 10.6. The minimum Gasteiger partial charge on any atom is -0.423 e. The summed E-state index contributed by atoms with van der Waals surface area (Å²) in [6, 6.07) is 41.8. The van der Waals surface area contributed by atoms with Gasteiger partial charge < -0.3 is 9.64 Å². The van der Waals surface area contributed by atoms with E-state index >= 15 is 0 Å². The van der Waals surface area contributed by atoms with Crippen molar-refractivity contribution in [2.24, 2.45) is 0 Å². The first-order valence-corrected chi connectivity index (χ1v) is 12.6. The van der Waals surface area contributed by atoms with Gasteiger partial charge in [-0.25, -0.2) is 4.79 Å². The summed E-state index contributed by atoms with van der Waals surface area (Å²) in [6.45, 7) is 7.65. The van der Waals surface area contributed by atoms with Gasteiger partial charge in [-0.1, -0.05) is 84.9 Å². The molecule has 0 spiro atoms. The Balaban J connectivity index is 1.46. The molecular formula is C35H29NO2. The van der Waals surface area contributed by atoms with Crippen molar-refractivity contribution in [2.45, 2.75) is 13.8 Å². The summed E-state index contributed by atoms with van der Waals surface area (Å²) in [4.78, 5) is 13.7. The number of carbonyl (C=O) groups excluding carboxylic acids is 1. The van der Waals surface area contributed by atoms with Crippen molar-refractivity contribution < 1.29 is 9.53 Å². The van der Waals surface area contributed by atoms with E-state index in [1.807, 2.05) is 12.1 Å². The number of benzene rings is 5. The van der Waals surface area contributed by atoms with E-state index in [1.54, 1.807) is 12.1 Å². The number of aryl methyl sites for hydroxylation is 2. The van der Waals surface area contributed by atoms with Gasteiger partial charge in [-0.05, 0) is 90.2 Å². The molecule has 3 nitrogen and oxygen atoms in total. The second kappa shape index (κ2) is 11.0. The summed E-state index contributed by atoms with van der Waals surface area (Å²) < 4.78 is 5.19. The van der Waals surface area contributed by atoms with Gasteiger partial charge >= 0.3 is 5.97 Å². The van der Waals surface area contributed by atoms with Crippen LogP contribution in [0.15, 0.2) is 134 Å². The fourth-order valence-corrected chi connectivity index (χ4v) is 4.44. The highest BCUT2D eigenvalue weighted by atomic mass is 16.5. The molecule has 3 heteroatoms. The first-order valence-electron chi connectivity index (χ1n) is 12.6. The summed E-state index contributed by atoms with van der Waals surface area (Å²) in [7, 11) is 0. The van der Waals surface area contributed by atoms with Gasteiger partial charge in [0.2, 0.25) is 0 Å². The molecule has 5 aromatic rings. The third-order valence-electron chi connectivity index (χ3n) is 6.47. The number of anilines is 3. The molecule has 0 N–H and O–H groups in total. The Morgan fingerprint density at radius 3 is 1.55 bits per heavy atom. The topological polar surface area (TPSA) is 29.5 Å². The Hall–Kier alpha value is -4.89. The zero-order valence-corrected chi connectivity index (χ0v) is 21.6. The monoisotopic (exact) mass is 495 g/mol. The molecule has 0 amide bonds. The zero-order chi connectivity index (χ0) is 26.5. The van der Waals surface area contributed by atoms with E-state index in [-0.39, 0.29) is 0 Å². The number of hydrogen-bond donors (Lipinski definition) is 0. The van der Waals surface area contributed by atoms with E-state index < -0.39 is 5.97 Å². The minimum atomic E-state index is -0.467. The zero-order valence-electron chi connectivity index (χ0n) is 21.6. The van der Waals surface area contributed by atoms with Crippen LogP contribution in [-0.4, -0.2) is 5.97 Å². The minimum absolute atomic E-state index is 0.467. The third-order valence-corrected chi connectivity index (χ3v) is 6.47. The molecule has 0 atom stereocenters. The van der Waals surface area contributed by atoms with Gasteiger partial charge in [0.25, 0.3) is 0 Å². The first-order chi connectivity index (χ1) is 18.5. The largest absolute Gasteiger partial charge is 0.423 e. The molecule has 5 rings (SSSR count). The maximum absolute atomic E-state index is 11.5. The van der Waals surface area contributed by atoms with Crippen LogP contribution in [0.4, 0.5) is 17.1 Å². The quantitative estimate of drug-likeness (QED) is 0.128. The molecule has 186 valence electrons. The van der Waals surface area contributed by atoms with Crippen molar-refractivity contribution in [1.82, 2.24) is 0 Å². The van der Waals surface area contributed by atoms with Crippen molar-refractivity contribution in [3.63, 3.8) is 0 Å². The molecule has 0 bridgehead atoms. The molecule has 0 aromatic heterocycles. The maximum atomic E-state index is 11.5.